The molecule has 0 bridgehead atoms. The highest BCUT2D eigenvalue weighted by Crippen LogP contribution is 2.29. The van der Waals surface area contributed by atoms with Crippen molar-refractivity contribution in [3.8, 4) is 0 Å². The Morgan fingerprint density at radius 2 is 2.05 bits per heavy atom. The molecule has 2 unspecified atom stereocenters. The van der Waals surface area contributed by atoms with Crippen LogP contribution >= 0.6 is 0 Å². The number of ether oxygens (including phenoxy) is 1. The maximum absolute atomic E-state index is 12.4. The van der Waals surface area contributed by atoms with Gasteiger partial charge in [0.05, 0.1) is 19.2 Å². The molecular formula is C15H18N2O4. The maximum atomic E-state index is 12.4. The molecule has 0 saturated carbocycles. The van der Waals surface area contributed by atoms with E-state index in [1.807, 2.05) is 30.3 Å². The van der Waals surface area contributed by atoms with E-state index in [4.69, 9.17) is 4.74 Å². The van der Waals surface area contributed by atoms with Gasteiger partial charge in [-0.15, -0.1) is 0 Å². The lowest BCUT2D eigenvalue weighted by Crippen LogP contribution is -2.49. The quantitative estimate of drug-likeness (QED) is 0.513. The highest BCUT2D eigenvalue weighted by molar-refractivity contribution is 5.97. The number of epoxide rings is 1. The molecule has 6 nitrogen and oxygen atoms in total. The minimum Gasteiger partial charge on any atom is -0.361 e. The lowest BCUT2D eigenvalue weighted by Gasteiger charge is -2.19. The van der Waals surface area contributed by atoms with Crippen molar-refractivity contribution in [3.63, 3.8) is 0 Å². The SMILES string of the molecule is CC1(C(=O)C(Cc2ccccc2)NC(=O)CNC=O)CO1. The van der Waals surface area contributed by atoms with Crippen LogP contribution in [0.15, 0.2) is 30.3 Å². The van der Waals surface area contributed by atoms with Gasteiger partial charge in [0, 0.05) is 0 Å². The van der Waals surface area contributed by atoms with Crippen LogP contribution in [0.25, 0.3) is 0 Å². The van der Waals surface area contributed by atoms with Gasteiger partial charge in [-0.05, 0) is 18.9 Å². The zero-order valence-electron chi connectivity index (χ0n) is 11.8. The summed E-state index contributed by atoms with van der Waals surface area (Å²) in [7, 11) is 0. The molecule has 0 radical (unpaired) electrons. The van der Waals surface area contributed by atoms with Crippen LogP contribution in [0.5, 0.6) is 0 Å². The van der Waals surface area contributed by atoms with Crippen molar-refractivity contribution in [2.24, 2.45) is 0 Å². The highest BCUT2D eigenvalue weighted by Gasteiger charge is 2.49. The summed E-state index contributed by atoms with van der Waals surface area (Å²) in [5.74, 6) is -0.550. The topological polar surface area (TPSA) is 87.8 Å². The van der Waals surface area contributed by atoms with Crippen LogP contribution in [0.3, 0.4) is 0 Å². The van der Waals surface area contributed by atoms with Gasteiger partial charge in [-0.25, -0.2) is 0 Å². The van der Waals surface area contributed by atoms with Crippen LogP contribution in [0.4, 0.5) is 0 Å². The maximum Gasteiger partial charge on any atom is 0.239 e. The number of carbonyl (C=O) groups is 3. The standard InChI is InChI=1S/C15H18N2O4/c1-15(9-21-15)14(20)12(17-13(19)8-16-10-18)7-11-5-3-2-4-6-11/h2-6,10,12H,7-9H2,1H3,(H,16,18)(H,17,19). The molecule has 1 saturated heterocycles. The molecule has 0 aliphatic carbocycles. The Morgan fingerprint density at radius 3 is 2.62 bits per heavy atom. The molecule has 1 aliphatic rings. The van der Waals surface area contributed by atoms with Gasteiger partial charge in [-0.3, -0.25) is 14.4 Å². The zero-order chi connectivity index (χ0) is 15.3. The predicted octanol–water partition coefficient (Wildman–Crippen LogP) is -0.182. The van der Waals surface area contributed by atoms with E-state index < -0.39 is 17.6 Å². The van der Waals surface area contributed by atoms with Crippen LogP contribution < -0.4 is 10.6 Å². The fourth-order valence-corrected chi connectivity index (χ4v) is 2.06. The van der Waals surface area contributed by atoms with E-state index in [1.165, 1.54) is 0 Å². The molecule has 2 rings (SSSR count). The Morgan fingerprint density at radius 1 is 1.38 bits per heavy atom. The Bertz CT molecular complexity index is 526. The smallest absolute Gasteiger partial charge is 0.239 e. The number of ketones is 1. The van der Waals surface area contributed by atoms with E-state index >= 15 is 0 Å². The third kappa shape index (κ3) is 4.13. The largest absolute Gasteiger partial charge is 0.361 e. The predicted molar refractivity (Wildman–Crippen MR) is 75.5 cm³/mol. The van der Waals surface area contributed by atoms with Gasteiger partial charge in [0.1, 0.15) is 5.60 Å². The average molecular weight is 290 g/mol. The van der Waals surface area contributed by atoms with Gasteiger partial charge in [0.25, 0.3) is 0 Å². The molecule has 1 aromatic rings. The second kappa shape index (κ2) is 6.49. The number of hydrogen-bond donors (Lipinski definition) is 2. The molecule has 1 heterocycles. The number of amides is 2. The zero-order valence-corrected chi connectivity index (χ0v) is 11.8. The van der Waals surface area contributed by atoms with Gasteiger partial charge in [-0.2, -0.15) is 0 Å². The van der Waals surface area contributed by atoms with Crippen molar-refractivity contribution in [1.82, 2.24) is 10.6 Å². The van der Waals surface area contributed by atoms with E-state index in [-0.39, 0.29) is 12.3 Å². The molecule has 2 amide bonds. The Kier molecular flexibility index (Phi) is 4.70. The van der Waals surface area contributed by atoms with Crippen LogP contribution in [-0.2, 0) is 25.5 Å². The molecule has 1 aliphatic heterocycles. The summed E-state index contributed by atoms with van der Waals surface area (Å²) < 4.78 is 5.17. The van der Waals surface area contributed by atoms with Crippen LogP contribution in [0, 0.1) is 0 Å². The van der Waals surface area contributed by atoms with E-state index in [1.54, 1.807) is 6.92 Å². The van der Waals surface area contributed by atoms with Crippen molar-refractivity contribution in [2.45, 2.75) is 25.0 Å². The van der Waals surface area contributed by atoms with Crippen molar-refractivity contribution in [3.05, 3.63) is 35.9 Å². The van der Waals surface area contributed by atoms with Crippen LogP contribution in [-0.4, -0.2) is 42.9 Å². The van der Waals surface area contributed by atoms with Crippen molar-refractivity contribution in [1.29, 1.82) is 0 Å². The lowest BCUT2D eigenvalue weighted by atomic mass is 9.95. The summed E-state index contributed by atoms with van der Waals surface area (Å²) in [6.07, 6.45) is 0.838. The molecule has 112 valence electrons. The molecule has 0 spiro atoms. The summed E-state index contributed by atoms with van der Waals surface area (Å²) in [6.45, 7) is 1.93. The van der Waals surface area contributed by atoms with Gasteiger partial charge >= 0.3 is 0 Å². The molecular weight excluding hydrogens is 272 g/mol. The third-order valence-electron chi connectivity index (χ3n) is 3.38. The van der Waals surface area contributed by atoms with Crippen molar-refractivity contribution >= 4 is 18.1 Å². The van der Waals surface area contributed by atoms with E-state index in [9.17, 15) is 14.4 Å². The van der Waals surface area contributed by atoms with Gasteiger partial charge < -0.3 is 15.4 Å². The highest BCUT2D eigenvalue weighted by atomic mass is 16.6. The second-order valence-electron chi connectivity index (χ2n) is 5.19. The minimum absolute atomic E-state index is 0.147. The first-order valence-corrected chi connectivity index (χ1v) is 6.74. The minimum atomic E-state index is -0.801. The summed E-state index contributed by atoms with van der Waals surface area (Å²) >= 11 is 0. The third-order valence-corrected chi connectivity index (χ3v) is 3.38. The molecule has 2 N–H and O–H groups in total. The number of rotatable bonds is 8. The van der Waals surface area contributed by atoms with Crippen molar-refractivity contribution < 1.29 is 19.1 Å². The molecule has 1 aromatic carbocycles. The van der Waals surface area contributed by atoms with E-state index in [0.29, 0.717) is 19.4 Å². The first-order chi connectivity index (χ1) is 10.0. The molecule has 0 aromatic heterocycles. The van der Waals surface area contributed by atoms with Gasteiger partial charge in [0.2, 0.25) is 12.3 Å². The van der Waals surface area contributed by atoms with E-state index in [0.717, 1.165) is 5.56 Å². The van der Waals surface area contributed by atoms with Crippen molar-refractivity contribution in [2.75, 3.05) is 13.2 Å². The monoisotopic (exact) mass is 290 g/mol. The van der Waals surface area contributed by atoms with Crippen LogP contribution in [0.1, 0.15) is 12.5 Å². The number of benzene rings is 1. The number of nitrogens with one attached hydrogen (secondary N) is 2. The summed E-state index contributed by atoms with van der Waals surface area (Å²) in [5, 5.41) is 4.93. The van der Waals surface area contributed by atoms with E-state index in [2.05, 4.69) is 10.6 Å². The second-order valence-corrected chi connectivity index (χ2v) is 5.19. The molecule has 1 fully saturated rings. The Labute approximate surface area is 122 Å². The first kappa shape index (κ1) is 15.2. The van der Waals surface area contributed by atoms with Gasteiger partial charge in [-0.1, -0.05) is 30.3 Å². The van der Waals surface area contributed by atoms with Gasteiger partial charge in [0.15, 0.2) is 5.78 Å². The normalized spacial score (nSPS) is 21.2. The van der Waals surface area contributed by atoms with Crippen LogP contribution in [0.2, 0.25) is 0 Å². The molecule has 2 atom stereocenters. The fraction of sp³-hybridized carbons (Fsp3) is 0.400. The fourth-order valence-electron chi connectivity index (χ4n) is 2.06. The number of Topliss-reactive ketones (excluding diaryl/α,β-unsaturated/α-hetero) is 1. The summed E-state index contributed by atoms with van der Waals surface area (Å²) in [6, 6.07) is 8.77. The molecule has 6 heteroatoms. The average Bonchev–Trinajstić information content (AvgIpc) is 3.24. The lowest BCUT2D eigenvalue weighted by molar-refractivity contribution is -0.130. The Hall–Kier alpha value is -2.21. The summed E-state index contributed by atoms with van der Waals surface area (Å²) in [4.78, 5) is 34.4. The number of carbonyl (C=O) groups excluding carboxylic acids is 3. The first-order valence-electron chi connectivity index (χ1n) is 6.74. The molecule has 21 heavy (non-hydrogen) atoms. The number of hydrogen-bond acceptors (Lipinski definition) is 4. The summed E-state index contributed by atoms with van der Waals surface area (Å²) in [5.41, 5.74) is 0.147. The Balaban J connectivity index is 2.05.